The number of rotatable bonds is 8. The van der Waals surface area contributed by atoms with Crippen molar-refractivity contribution in [3.8, 4) is 0 Å². The molecule has 10 N–H and O–H groups in total. The van der Waals surface area contributed by atoms with E-state index in [1.165, 1.54) is 0 Å². The van der Waals surface area contributed by atoms with Gasteiger partial charge in [0.2, 0.25) is 0 Å². The number of phosphoric acid groups is 4. The van der Waals surface area contributed by atoms with Crippen molar-refractivity contribution in [1.82, 2.24) is 0 Å². The van der Waals surface area contributed by atoms with Crippen LogP contribution in [0.4, 0.5) is 0 Å². The molecule has 0 radical (unpaired) electrons. The lowest BCUT2D eigenvalue weighted by Crippen LogP contribution is -2.06. The molecule has 192 valence electrons. The second kappa shape index (κ2) is 12.1. The van der Waals surface area contributed by atoms with Gasteiger partial charge in [0.25, 0.3) is 0 Å². The van der Waals surface area contributed by atoms with Crippen LogP contribution in [0.5, 0.6) is 0 Å². The van der Waals surface area contributed by atoms with Crippen LogP contribution >= 0.6 is 31.3 Å². The van der Waals surface area contributed by atoms with Crippen LogP contribution in [0.3, 0.4) is 0 Å². The average Bonchev–Trinajstić information content (AvgIpc) is 2.08. The summed E-state index contributed by atoms with van der Waals surface area (Å²) in [5.41, 5.74) is 0. The van der Waals surface area contributed by atoms with Crippen molar-refractivity contribution >= 4 is 62.5 Å². The topological polar surface area (TPSA) is 410 Å². The molecule has 0 amide bonds. The Bertz CT molecular complexity index is 915. The highest BCUT2D eigenvalue weighted by Crippen LogP contribution is 2.45. The molecule has 0 saturated carbocycles. The molecule has 0 unspecified atom stereocenters. The third-order valence-electron chi connectivity index (χ3n) is 0.754. The van der Waals surface area contributed by atoms with Crippen LogP contribution in [-0.2, 0) is 65.3 Å². The Morgan fingerprint density at radius 1 is 0.419 bits per heavy atom. The third kappa shape index (κ3) is 41.0. The Balaban J connectivity index is -0.000000416. The van der Waals surface area contributed by atoms with Crippen molar-refractivity contribution in [2.24, 2.45) is 0 Å². The van der Waals surface area contributed by atoms with Crippen LogP contribution in [0.1, 0.15) is 0 Å². The van der Waals surface area contributed by atoms with E-state index in [0.29, 0.717) is 0 Å². The zero-order chi connectivity index (χ0) is 26.3. The normalized spacial score (nSPS) is 14.0. The first-order valence-electron chi connectivity index (χ1n) is 5.09. The highest BCUT2D eigenvalue weighted by molar-refractivity contribution is 7.90. The van der Waals surface area contributed by atoms with Gasteiger partial charge in [-0.05, 0) is 0 Å². The molecule has 31 heteroatoms. The molecule has 0 bridgehead atoms. The lowest BCUT2D eigenvalue weighted by Gasteiger charge is -2.06. The van der Waals surface area contributed by atoms with E-state index in [2.05, 4.69) is 15.9 Å². The largest absolute Gasteiger partial charge is 0.486 e. The van der Waals surface area contributed by atoms with Crippen molar-refractivity contribution in [1.29, 1.82) is 0 Å². The van der Waals surface area contributed by atoms with Gasteiger partial charge in [-0.1, -0.05) is 0 Å². The SMILES string of the molecule is O=P(O)(O)OS(=O)(=O)OP(=O)(O)O.O=P(O)(O)OS(=O)(=O)OP(=O)(O)O.O=S(=O)(O)O. The summed E-state index contributed by atoms with van der Waals surface area (Å²) in [5, 5.41) is 0. The fraction of sp³-hybridized carbons (Fsp3) is 0. The first-order chi connectivity index (χ1) is 12.8. The molecular weight excluding hydrogens is 604 g/mol. The fourth-order valence-electron chi connectivity index (χ4n) is 0.503. The minimum Gasteiger partial charge on any atom is -0.302 e. The number of hydrogen-bond acceptors (Lipinski definition) is 14. The first kappa shape index (κ1) is 35.8. The van der Waals surface area contributed by atoms with Gasteiger partial charge in [0, 0.05) is 0 Å². The lowest BCUT2D eigenvalue weighted by molar-refractivity contribution is 0.239. The molecule has 0 aromatic carbocycles. The highest BCUT2D eigenvalue weighted by atomic mass is 32.3. The monoisotopic (exact) mass is 614 g/mol. The van der Waals surface area contributed by atoms with Crippen molar-refractivity contribution < 1.29 is 108 Å². The quantitative estimate of drug-likeness (QED) is 0.0926. The lowest BCUT2D eigenvalue weighted by atomic mass is 15.7. The van der Waals surface area contributed by atoms with Gasteiger partial charge in [0.15, 0.2) is 0 Å². The van der Waals surface area contributed by atoms with Gasteiger partial charge >= 0.3 is 62.5 Å². The summed E-state index contributed by atoms with van der Waals surface area (Å²) in [4.78, 5) is 63.4. The molecule has 0 aliphatic rings. The maximum Gasteiger partial charge on any atom is 0.486 e. The van der Waals surface area contributed by atoms with Crippen molar-refractivity contribution in [2.75, 3.05) is 0 Å². The van der Waals surface area contributed by atoms with Gasteiger partial charge in [0.1, 0.15) is 0 Å². The molecular formula is H10O24P4S3. The zero-order valence-corrected chi connectivity index (χ0v) is 19.2. The summed E-state index contributed by atoms with van der Waals surface area (Å²) in [6, 6.07) is 0. The minimum absolute atomic E-state index is 2.93. The minimum atomic E-state index is -5.43. The Hall–Kier alpha value is 0.210. The molecule has 24 nitrogen and oxygen atoms in total. The van der Waals surface area contributed by atoms with E-state index < -0.39 is 62.5 Å². The Kier molecular flexibility index (Phi) is 13.9. The van der Waals surface area contributed by atoms with Crippen molar-refractivity contribution in [2.45, 2.75) is 0 Å². The van der Waals surface area contributed by atoms with E-state index in [0.717, 1.165) is 0 Å². The van der Waals surface area contributed by atoms with E-state index >= 15 is 0 Å². The molecule has 0 spiro atoms. The maximum absolute atomic E-state index is 10.2. The van der Waals surface area contributed by atoms with E-state index in [9.17, 15) is 35.1 Å². The Morgan fingerprint density at radius 3 is 0.581 bits per heavy atom. The average molecular weight is 614 g/mol. The summed E-state index contributed by atoms with van der Waals surface area (Å²) < 4.78 is 124. The van der Waals surface area contributed by atoms with E-state index in [4.69, 9.17) is 56.7 Å². The fourth-order valence-corrected chi connectivity index (χ4v) is 5.02. The summed E-state index contributed by atoms with van der Waals surface area (Å²) in [5.74, 6) is 0. The van der Waals surface area contributed by atoms with E-state index in [1.807, 2.05) is 0 Å². The van der Waals surface area contributed by atoms with Gasteiger partial charge in [-0.3, -0.25) is 9.11 Å². The van der Waals surface area contributed by atoms with Gasteiger partial charge in [-0.15, -0.1) is 15.9 Å². The second-order valence-electron chi connectivity index (χ2n) is 3.52. The molecule has 31 heavy (non-hydrogen) atoms. The first-order valence-corrected chi connectivity index (χ1v) is 15.3. The predicted octanol–water partition coefficient (Wildman–Crippen LogP) is -3.75. The van der Waals surface area contributed by atoms with Crippen LogP contribution in [0.25, 0.3) is 0 Å². The highest BCUT2D eigenvalue weighted by Gasteiger charge is 2.34. The predicted molar refractivity (Wildman–Crippen MR) is 84.5 cm³/mol. The molecule has 0 atom stereocenters. The van der Waals surface area contributed by atoms with Crippen LogP contribution in [0.15, 0.2) is 0 Å². The third-order valence-corrected chi connectivity index (χ3v) is 6.78. The number of hydrogen-bond donors (Lipinski definition) is 10. The molecule has 0 fully saturated rings. The van der Waals surface area contributed by atoms with Crippen molar-refractivity contribution in [3.63, 3.8) is 0 Å². The summed E-state index contributed by atoms with van der Waals surface area (Å²) in [6.07, 6.45) is 0. The Labute approximate surface area is 170 Å². The molecule has 0 aliphatic heterocycles. The molecule has 0 saturated heterocycles. The van der Waals surface area contributed by atoms with Crippen molar-refractivity contribution in [3.05, 3.63) is 0 Å². The zero-order valence-electron chi connectivity index (χ0n) is 13.2. The van der Waals surface area contributed by atoms with Crippen LogP contribution < -0.4 is 0 Å². The summed E-state index contributed by atoms with van der Waals surface area (Å²) in [7, 11) is -37.2. The van der Waals surface area contributed by atoms with Gasteiger partial charge < -0.3 is 39.1 Å². The van der Waals surface area contributed by atoms with Gasteiger partial charge in [0.05, 0.1) is 0 Å². The Morgan fingerprint density at radius 2 is 0.516 bits per heavy atom. The second-order valence-corrected chi connectivity index (χ2v) is 12.4. The molecule has 0 aromatic heterocycles. The standard InChI is InChI=1S/2H4O10P2S.H2O4S/c2*1-11(2,3)9-13(7,8)10-12(4,5)6;1-5(2,3)4/h2*(H2,1,2,3)(H2,4,5,6);(H2,1,2,3,4). The molecule has 0 heterocycles. The van der Waals surface area contributed by atoms with Gasteiger partial charge in [-0.2, -0.15) is 25.3 Å². The maximum atomic E-state index is 10.2. The summed E-state index contributed by atoms with van der Waals surface area (Å²) in [6.45, 7) is 0. The smallest absolute Gasteiger partial charge is 0.302 e. The molecule has 0 rings (SSSR count). The molecule has 0 aliphatic carbocycles. The van der Waals surface area contributed by atoms with E-state index in [-0.39, 0.29) is 0 Å². The van der Waals surface area contributed by atoms with Crippen LogP contribution in [-0.4, -0.2) is 73.5 Å². The summed E-state index contributed by atoms with van der Waals surface area (Å²) >= 11 is 0. The van der Waals surface area contributed by atoms with Gasteiger partial charge in [-0.25, -0.2) is 18.3 Å². The van der Waals surface area contributed by atoms with E-state index in [1.54, 1.807) is 0 Å². The van der Waals surface area contributed by atoms with Crippen LogP contribution in [0, 0.1) is 0 Å². The van der Waals surface area contributed by atoms with Crippen LogP contribution in [0.2, 0.25) is 0 Å². The molecule has 0 aromatic rings.